The molecule has 8 heteroatoms. The molecule has 1 aromatic heterocycles. The highest BCUT2D eigenvalue weighted by molar-refractivity contribution is 6.62. The first-order valence-corrected chi connectivity index (χ1v) is 9.87. The van der Waals surface area contributed by atoms with Crippen molar-refractivity contribution in [1.29, 1.82) is 0 Å². The van der Waals surface area contributed by atoms with Gasteiger partial charge in [-0.2, -0.15) is 5.10 Å². The van der Waals surface area contributed by atoms with Gasteiger partial charge in [-0.25, -0.2) is 0 Å². The molecule has 1 amide bonds. The van der Waals surface area contributed by atoms with Crippen LogP contribution in [0, 0.1) is 6.92 Å². The molecule has 156 valence electrons. The van der Waals surface area contributed by atoms with E-state index >= 15 is 0 Å². The van der Waals surface area contributed by atoms with E-state index in [0.29, 0.717) is 5.69 Å². The molecule has 2 aromatic rings. The standard InChI is InChI=1S/C21H30BN3O4/c1-14-12-16(22-28-20(3,4)21(5,6)29-22)8-9-17(14)24(7)19(27)18-10-11-23-25(18)13-15(2)26/h8-12,15,26H,13H2,1-7H3. The Bertz CT molecular complexity index is 891. The zero-order valence-corrected chi connectivity index (χ0v) is 18.3. The van der Waals surface area contributed by atoms with Crippen LogP contribution < -0.4 is 10.4 Å². The number of aliphatic hydroxyl groups excluding tert-OH is 1. The number of benzene rings is 1. The summed E-state index contributed by atoms with van der Waals surface area (Å²) in [5, 5.41) is 13.8. The quantitative estimate of drug-likeness (QED) is 0.780. The number of nitrogens with zero attached hydrogens (tertiary/aromatic N) is 3. The highest BCUT2D eigenvalue weighted by atomic mass is 16.7. The molecule has 3 rings (SSSR count). The molecule has 1 aromatic carbocycles. The molecule has 29 heavy (non-hydrogen) atoms. The number of aryl methyl sites for hydroxylation is 1. The van der Waals surface area contributed by atoms with Crippen LogP contribution in [0.15, 0.2) is 30.5 Å². The van der Waals surface area contributed by atoms with Gasteiger partial charge in [0.2, 0.25) is 0 Å². The number of carbonyl (C=O) groups excluding carboxylic acids is 1. The van der Waals surface area contributed by atoms with E-state index in [1.165, 1.54) is 4.68 Å². The van der Waals surface area contributed by atoms with Crippen molar-refractivity contribution in [2.45, 2.75) is 65.4 Å². The molecule has 0 spiro atoms. The fourth-order valence-electron chi connectivity index (χ4n) is 3.37. The maximum atomic E-state index is 13.0. The summed E-state index contributed by atoms with van der Waals surface area (Å²) in [4.78, 5) is 14.6. The van der Waals surface area contributed by atoms with Crippen LogP contribution in [0.1, 0.15) is 50.7 Å². The van der Waals surface area contributed by atoms with E-state index in [1.54, 1.807) is 31.1 Å². The topological polar surface area (TPSA) is 76.8 Å². The third-order valence-corrected chi connectivity index (χ3v) is 5.79. The lowest BCUT2D eigenvalue weighted by molar-refractivity contribution is 0.00578. The van der Waals surface area contributed by atoms with Gasteiger partial charge >= 0.3 is 7.12 Å². The lowest BCUT2D eigenvalue weighted by Gasteiger charge is -2.32. The van der Waals surface area contributed by atoms with Gasteiger partial charge in [-0.3, -0.25) is 9.48 Å². The van der Waals surface area contributed by atoms with Crippen LogP contribution in [0.25, 0.3) is 0 Å². The fourth-order valence-corrected chi connectivity index (χ4v) is 3.37. The van der Waals surface area contributed by atoms with Gasteiger partial charge < -0.3 is 19.3 Å². The lowest BCUT2D eigenvalue weighted by atomic mass is 9.78. The molecular weight excluding hydrogens is 369 g/mol. The first-order chi connectivity index (χ1) is 13.4. The first-order valence-electron chi connectivity index (χ1n) is 9.87. The Morgan fingerprint density at radius 3 is 2.41 bits per heavy atom. The number of rotatable bonds is 5. The van der Waals surface area contributed by atoms with E-state index in [1.807, 2.05) is 52.8 Å². The molecule has 0 saturated carbocycles. The Balaban J connectivity index is 1.82. The van der Waals surface area contributed by atoms with E-state index in [2.05, 4.69) is 5.10 Å². The molecule has 1 aliphatic heterocycles. The van der Waals surface area contributed by atoms with Crippen molar-refractivity contribution >= 4 is 24.2 Å². The largest absolute Gasteiger partial charge is 0.494 e. The smallest absolute Gasteiger partial charge is 0.399 e. The summed E-state index contributed by atoms with van der Waals surface area (Å²) in [7, 11) is 1.29. The number of aromatic nitrogens is 2. The molecule has 1 fully saturated rings. The number of carbonyl (C=O) groups is 1. The zero-order valence-electron chi connectivity index (χ0n) is 18.3. The summed E-state index contributed by atoms with van der Waals surface area (Å²) < 4.78 is 13.8. The summed E-state index contributed by atoms with van der Waals surface area (Å²) in [6.45, 7) is 12.0. The molecule has 0 aliphatic carbocycles. The Kier molecular flexibility index (Phi) is 5.64. The highest BCUT2D eigenvalue weighted by Crippen LogP contribution is 2.36. The predicted octanol–water partition coefficient (Wildman–Crippen LogP) is 2.15. The van der Waals surface area contributed by atoms with Gasteiger partial charge in [0, 0.05) is 18.9 Å². The predicted molar refractivity (Wildman–Crippen MR) is 114 cm³/mol. The number of amides is 1. The third-order valence-electron chi connectivity index (χ3n) is 5.79. The summed E-state index contributed by atoms with van der Waals surface area (Å²) in [6.07, 6.45) is 0.977. The minimum atomic E-state index is -0.590. The van der Waals surface area contributed by atoms with Crippen LogP contribution in [0.5, 0.6) is 0 Å². The molecule has 1 saturated heterocycles. The second-order valence-electron chi connectivity index (χ2n) is 8.75. The zero-order chi connectivity index (χ0) is 21.6. The monoisotopic (exact) mass is 399 g/mol. The normalized spacial score (nSPS) is 18.7. The van der Waals surface area contributed by atoms with Crippen molar-refractivity contribution in [1.82, 2.24) is 9.78 Å². The van der Waals surface area contributed by atoms with Crippen LogP contribution >= 0.6 is 0 Å². The van der Waals surface area contributed by atoms with E-state index < -0.39 is 24.4 Å². The van der Waals surface area contributed by atoms with Crippen LogP contribution in [-0.4, -0.2) is 52.3 Å². The van der Waals surface area contributed by atoms with Crippen LogP contribution in [-0.2, 0) is 15.9 Å². The maximum absolute atomic E-state index is 13.0. The van der Waals surface area contributed by atoms with E-state index in [0.717, 1.165) is 16.7 Å². The summed E-state index contributed by atoms with van der Waals surface area (Å²) in [5.41, 5.74) is 2.28. The average Bonchev–Trinajstić information content (AvgIpc) is 3.14. The van der Waals surface area contributed by atoms with Gasteiger partial charge in [0.15, 0.2) is 0 Å². The van der Waals surface area contributed by atoms with E-state index in [4.69, 9.17) is 9.31 Å². The summed E-state index contributed by atoms with van der Waals surface area (Å²) >= 11 is 0. The van der Waals surface area contributed by atoms with Crippen LogP contribution in [0.3, 0.4) is 0 Å². The first kappa shape index (κ1) is 21.6. The van der Waals surface area contributed by atoms with E-state index in [9.17, 15) is 9.90 Å². The number of aliphatic hydroxyl groups is 1. The maximum Gasteiger partial charge on any atom is 0.494 e. The minimum Gasteiger partial charge on any atom is -0.399 e. The second-order valence-corrected chi connectivity index (χ2v) is 8.75. The van der Waals surface area contributed by atoms with Crippen molar-refractivity contribution in [3.05, 3.63) is 41.7 Å². The third kappa shape index (κ3) is 4.10. The Hall–Kier alpha value is -2.16. The van der Waals surface area contributed by atoms with Crippen LogP contribution in [0.4, 0.5) is 5.69 Å². The number of hydrogen-bond acceptors (Lipinski definition) is 5. The van der Waals surface area contributed by atoms with Crippen molar-refractivity contribution in [3.8, 4) is 0 Å². The van der Waals surface area contributed by atoms with Gasteiger partial charge in [0.1, 0.15) is 5.69 Å². The van der Waals surface area contributed by atoms with Crippen molar-refractivity contribution < 1.29 is 19.2 Å². The van der Waals surface area contributed by atoms with Gasteiger partial charge in [0.05, 0.1) is 23.9 Å². The Morgan fingerprint density at radius 2 is 1.86 bits per heavy atom. The van der Waals surface area contributed by atoms with Crippen LogP contribution in [0.2, 0.25) is 0 Å². The van der Waals surface area contributed by atoms with Crippen molar-refractivity contribution in [2.24, 2.45) is 0 Å². The van der Waals surface area contributed by atoms with Gasteiger partial charge in [-0.15, -0.1) is 0 Å². The fraction of sp³-hybridized carbons (Fsp3) is 0.524. The van der Waals surface area contributed by atoms with E-state index in [-0.39, 0.29) is 12.5 Å². The lowest BCUT2D eigenvalue weighted by Crippen LogP contribution is -2.41. The minimum absolute atomic E-state index is 0.186. The van der Waals surface area contributed by atoms with Gasteiger partial charge in [-0.05, 0) is 64.7 Å². The molecule has 0 radical (unpaired) electrons. The number of hydrogen-bond donors (Lipinski definition) is 1. The molecule has 1 N–H and O–H groups in total. The molecular formula is C21H30BN3O4. The van der Waals surface area contributed by atoms with Crippen molar-refractivity contribution in [3.63, 3.8) is 0 Å². The summed E-state index contributed by atoms with van der Waals surface area (Å²) in [5.74, 6) is -0.186. The average molecular weight is 399 g/mol. The molecule has 1 aliphatic rings. The molecule has 2 heterocycles. The second kappa shape index (κ2) is 7.59. The SMILES string of the molecule is Cc1cc(B2OC(C)(C)C(C)(C)O2)ccc1N(C)C(=O)c1ccnn1CC(C)O. The van der Waals surface area contributed by atoms with Crippen molar-refractivity contribution in [2.75, 3.05) is 11.9 Å². The molecule has 1 unspecified atom stereocenters. The molecule has 0 bridgehead atoms. The Morgan fingerprint density at radius 1 is 1.24 bits per heavy atom. The van der Waals surface area contributed by atoms with Gasteiger partial charge in [-0.1, -0.05) is 12.1 Å². The Labute approximate surface area is 172 Å². The highest BCUT2D eigenvalue weighted by Gasteiger charge is 2.51. The molecule has 1 atom stereocenters. The molecule has 7 nitrogen and oxygen atoms in total. The summed E-state index contributed by atoms with van der Waals surface area (Å²) in [6, 6.07) is 7.49. The number of anilines is 1. The van der Waals surface area contributed by atoms with Gasteiger partial charge in [0.25, 0.3) is 5.91 Å².